The molecule has 84 valence electrons. The number of carbonyl (C=O) groups is 1. The van der Waals surface area contributed by atoms with Crippen LogP contribution in [0.2, 0.25) is 0 Å². The van der Waals surface area contributed by atoms with Crippen LogP contribution in [0.25, 0.3) is 0 Å². The van der Waals surface area contributed by atoms with Crippen molar-refractivity contribution in [3.8, 4) is 0 Å². The quantitative estimate of drug-likeness (QED) is 0.687. The average molecular weight is 219 g/mol. The van der Waals surface area contributed by atoms with Crippen molar-refractivity contribution < 1.29 is 18.3 Å². The van der Waals surface area contributed by atoms with Crippen molar-refractivity contribution in [2.24, 2.45) is 5.73 Å². The standard InChI is InChI=1S/C8H11F2N3O2/c9-3-8(11,7(14)15-4-10)1-6-2-12-5-13-6/h2,5H,1,3-4,11H2,(H,12,13)/t8-/m0/s1. The van der Waals surface area contributed by atoms with Crippen LogP contribution in [0.5, 0.6) is 0 Å². The van der Waals surface area contributed by atoms with Crippen molar-refractivity contribution in [2.75, 3.05) is 13.5 Å². The van der Waals surface area contributed by atoms with Crippen LogP contribution in [0.15, 0.2) is 12.5 Å². The van der Waals surface area contributed by atoms with Gasteiger partial charge in [0.15, 0.2) is 0 Å². The van der Waals surface area contributed by atoms with E-state index in [0.29, 0.717) is 5.69 Å². The summed E-state index contributed by atoms with van der Waals surface area (Å²) in [5.74, 6) is -1.11. The van der Waals surface area contributed by atoms with Gasteiger partial charge in [0, 0.05) is 18.3 Å². The summed E-state index contributed by atoms with van der Waals surface area (Å²) in [5, 5.41) is 0. The van der Waals surface area contributed by atoms with Crippen molar-refractivity contribution in [3.63, 3.8) is 0 Å². The average Bonchev–Trinajstić information content (AvgIpc) is 2.70. The lowest BCUT2D eigenvalue weighted by atomic mass is 9.97. The molecule has 1 aromatic heterocycles. The lowest BCUT2D eigenvalue weighted by Crippen LogP contribution is -2.53. The normalized spacial score (nSPS) is 14.6. The molecule has 5 nitrogen and oxygen atoms in total. The van der Waals surface area contributed by atoms with E-state index < -0.39 is 25.0 Å². The van der Waals surface area contributed by atoms with E-state index in [4.69, 9.17) is 5.73 Å². The van der Waals surface area contributed by atoms with E-state index in [1.807, 2.05) is 0 Å². The summed E-state index contributed by atoms with van der Waals surface area (Å²) in [6.45, 7) is -2.45. The molecule has 0 aliphatic rings. The Hall–Kier alpha value is -1.50. The summed E-state index contributed by atoms with van der Waals surface area (Å²) in [6.07, 6.45) is 2.65. The Kier molecular flexibility index (Phi) is 3.73. The number of nitrogens with zero attached hydrogens (tertiary/aromatic N) is 1. The van der Waals surface area contributed by atoms with Crippen LogP contribution in [0.1, 0.15) is 5.69 Å². The molecular formula is C8H11F2N3O2. The Morgan fingerprint density at radius 2 is 2.40 bits per heavy atom. The number of imidazole rings is 1. The zero-order chi connectivity index (χ0) is 11.3. The largest absolute Gasteiger partial charge is 0.432 e. The number of rotatable bonds is 5. The van der Waals surface area contributed by atoms with Gasteiger partial charge in [-0.1, -0.05) is 0 Å². The highest BCUT2D eigenvalue weighted by molar-refractivity contribution is 5.81. The Morgan fingerprint density at radius 1 is 1.67 bits per heavy atom. The predicted molar refractivity (Wildman–Crippen MR) is 47.3 cm³/mol. The summed E-state index contributed by atoms with van der Waals surface area (Å²) in [4.78, 5) is 17.5. The van der Waals surface area contributed by atoms with Gasteiger partial charge in [0.25, 0.3) is 0 Å². The highest BCUT2D eigenvalue weighted by atomic mass is 19.1. The van der Waals surface area contributed by atoms with Crippen LogP contribution in [0.3, 0.4) is 0 Å². The molecule has 0 aromatic carbocycles. The fourth-order valence-corrected chi connectivity index (χ4v) is 1.09. The van der Waals surface area contributed by atoms with Crippen molar-refractivity contribution in [3.05, 3.63) is 18.2 Å². The first kappa shape index (κ1) is 11.6. The third kappa shape index (κ3) is 2.72. The van der Waals surface area contributed by atoms with E-state index in [1.54, 1.807) is 0 Å². The van der Waals surface area contributed by atoms with E-state index in [9.17, 15) is 13.6 Å². The molecule has 0 bridgehead atoms. The Balaban J connectivity index is 2.72. The minimum atomic E-state index is -1.86. The van der Waals surface area contributed by atoms with Crippen LogP contribution in [-0.4, -0.2) is 35.0 Å². The van der Waals surface area contributed by atoms with Gasteiger partial charge in [-0.05, 0) is 0 Å². The second-order valence-electron chi connectivity index (χ2n) is 3.08. The number of alkyl halides is 2. The van der Waals surface area contributed by atoms with Gasteiger partial charge in [0.1, 0.15) is 12.2 Å². The molecule has 15 heavy (non-hydrogen) atoms. The molecule has 1 aromatic rings. The number of carbonyl (C=O) groups excluding carboxylic acids is 1. The SMILES string of the molecule is N[C@](CF)(Cc1cnc[nH]1)C(=O)OCF. The van der Waals surface area contributed by atoms with E-state index in [2.05, 4.69) is 14.7 Å². The number of esters is 1. The maximum atomic E-state index is 12.6. The molecule has 1 rings (SSSR count). The van der Waals surface area contributed by atoms with Gasteiger partial charge >= 0.3 is 5.97 Å². The Bertz CT molecular complexity index is 318. The van der Waals surface area contributed by atoms with Crippen LogP contribution < -0.4 is 5.73 Å². The number of hydrogen-bond acceptors (Lipinski definition) is 4. The van der Waals surface area contributed by atoms with Gasteiger partial charge in [-0.25, -0.2) is 18.6 Å². The summed E-state index contributed by atoms with van der Waals surface area (Å²) < 4.78 is 28.4. The van der Waals surface area contributed by atoms with Crippen molar-refractivity contribution in [1.29, 1.82) is 0 Å². The fourth-order valence-electron chi connectivity index (χ4n) is 1.09. The Morgan fingerprint density at radius 3 is 2.87 bits per heavy atom. The van der Waals surface area contributed by atoms with Crippen LogP contribution in [-0.2, 0) is 16.0 Å². The molecule has 3 N–H and O–H groups in total. The molecule has 0 spiro atoms. The lowest BCUT2D eigenvalue weighted by molar-refractivity contribution is -0.155. The lowest BCUT2D eigenvalue weighted by Gasteiger charge is -2.22. The first-order valence-corrected chi connectivity index (χ1v) is 4.17. The van der Waals surface area contributed by atoms with Gasteiger partial charge in [-0.3, -0.25) is 0 Å². The third-order valence-corrected chi connectivity index (χ3v) is 1.89. The number of nitrogens with one attached hydrogen (secondary N) is 1. The van der Waals surface area contributed by atoms with E-state index >= 15 is 0 Å². The number of halogens is 2. The van der Waals surface area contributed by atoms with Crippen molar-refractivity contribution in [2.45, 2.75) is 12.0 Å². The molecular weight excluding hydrogens is 208 g/mol. The van der Waals surface area contributed by atoms with Gasteiger partial charge < -0.3 is 15.5 Å². The summed E-state index contributed by atoms with van der Waals surface area (Å²) >= 11 is 0. The highest BCUT2D eigenvalue weighted by Gasteiger charge is 2.36. The summed E-state index contributed by atoms with van der Waals surface area (Å²) in [5.41, 5.74) is 4.07. The maximum absolute atomic E-state index is 12.6. The second kappa shape index (κ2) is 4.83. The zero-order valence-corrected chi connectivity index (χ0v) is 7.87. The highest BCUT2D eigenvalue weighted by Crippen LogP contribution is 2.12. The van der Waals surface area contributed by atoms with E-state index in [1.165, 1.54) is 12.5 Å². The fraction of sp³-hybridized carbons (Fsp3) is 0.500. The monoisotopic (exact) mass is 219 g/mol. The van der Waals surface area contributed by atoms with Crippen molar-refractivity contribution >= 4 is 5.97 Å². The van der Waals surface area contributed by atoms with Gasteiger partial charge in [0.2, 0.25) is 6.86 Å². The van der Waals surface area contributed by atoms with Gasteiger partial charge in [-0.15, -0.1) is 0 Å². The van der Waals surface area contributed by atoms with Crippen molar-refractivity contribution in [1.82, 2.24) is 9.97 Å². The van der Waals surface area contributed by atoms with Crippen LogP contribution >= 0.6 is 0 Å². The number of ether oxygens (including phenoxy) is 1. The molecule has 0 aliphatic carbocycles. The molecule has 1 atom stereocenters. The van der Waals surface area contributed by atoms with E-state index in [-0.39, 0.29) is 6.42 Å². The maximum Gasteiger partial charge on any atom is 0.331 e. The molecule has 0 fully saturated rings. The molecule has 7 heteroatoms. The molecule has 0 aliphatic heterocycles. The number of aromatic amines is 1. The van der Waals surface area contributed by atoms with Crippen LogP contribution in [0.4, 0.5) is 8.78 Å². The topological polar surface area (TPSA) is 81.0 Å². The zero-order valence-electron chi connectivity index (χ0n) is 7.87. The molecule has 0 radical (unpaired) electrons. The number of hydrogen-bond donors (Lipinski definition) is 2. The first-order chi connectivity index (χ1) is 7.12. The molecule has 0 saturated carbocycles. The molecule has 0 saturated heterocycles. The third-order valence-electron chi connectivity index (χ3n) is 1.89. The summed E-state index contributed by atoms with van der Waals surface area (Å²) in [6, 6.07) is 0. The molecule has 1 heterocycles. The number of aromatic nitrogens is 2. The molecule has 0 unspecified atom stereocenters. The first-order valence-electron chi connectivity index (χ1n) is 4.17. The van der Waals surface area contributed by atoms with Crippen LogP contribution in [0, 0.1) is 0 Å². The van der Waals surface area contributed by atoms with E-state index in [0.717, 1.165) is 0 Å². The smallest absolute Gasteiger partial charge is 0.331 e. The predicted octanol–water partition coefficient (Wildman–Crippen LogP) is 0.0894. The number of nitrogens with two attached hydrogens (primary N) is 1. The minimum Gasteiger partial charge on any atom is -0.432 e. The Labute approximate surface area is 84.6 Å². The minimum absolute atomic E-state index is 0.123. The second-order valence-corrected chi connectivity index (χ2v) is 3.08. The summed E-state index contributed by atoms with van der Waals surface area (Å²) in [7, 11) is 0. The number of H-pyrrole nitrogens is 1. The van der Waals surface area contributed by atoms with Gasteiger partial charge in [-0.2, -0.15) is 0 Å². The van der Waals surface area contributed by atoms with Gasteiger partial charge in [0.05, 0.1) is 6.33 Å². The molecule has 0 amide bonds.